The van der Waals surface area contributed by atoms with Crippen molar-refractivity contribution in [3.8, 4) is 22.9 Å². The van der Waals surface area contributed by atoms with Gasteiger partial charge in [-0.1, -0.05) is 12.1 Å². The topological polar surface area (TPSA) is 74.5 Å². The molecule has 0 aliphatic rings. The Labute approximate surface area is 120 Å². The van der Waals surface area contributed by atoms with Crippen molar-refractivity contribution in [2.24, 2.45) is 0 Å². The molecule has 0 spiro atoms. The highest BCUT2D eigenvalue weighted by molar-refractivity contribution is 5.85. The number of aromatic nitrogens is 2. The van der Waals surface area contributed by atoms with Gasteiger partial charge in [-0.05, 0) is 18.2 Å². The van der Waals surface area contributed by atoms with Crippen LogP contribution in [-0.2, 0) is 0 Å². The number of nitrogens with zero attached hydrogens (tertiary/aromatic N) is 2. The minimum absolute atomic E-state index is 0.339. The number of methoxy groups -OCH3 is 2. The van der Waals surface area contributed by atoms with Crippen molar-refractivity contribution in [1.82, 2.24) is 10.2 Å². The predicted octanol–water partition coefficient (Wildman–Crippen LogP) is 2.27. The van der Waals surface area contributed by atoms with Crippen molar-refractivity contribution in [3.63, 3.8) is 0 Å². The highest BCUT2D eigenvalue weighted by Crippen LogP contribution is 2.26. The van der Waals surface area contributed by atoms with E-state index in [1.807, 2.05) is 12.1 Å². The molecule has 0 atom stereocenters. The van der Waals surface area contributed by atoms with Crippen LogP contribution in [0, 0.1) is 0 Å². The third kappa shape index (κ3) is 2.31. The minimum Gasteiger partial charge on any atom is -0.493 e. The van der Waals surface area contributed by atoms with Crippen LogP contribution < -0.4 is 15.1 Å². The lowest BCUT2D eigenvalue weighted by Gasteiger charge is -2.05. The van der Waals surface area contributed by atoms with E-state index in [2.05, 4.69) is 10.2 Å². The van der Waals surface area contributed by atoms with E-state index >= 15 is 0 Å². The number of hydrogen-bond acceptors (Lipinski definition) is 6. The number of benzene rings is 1. The molecule has 3 aromatic rings. The summed E-state index contributed by atoms with van der Waals surface area (Å²) in [7, 11) is 3.03. The molecule has 0 fully saturated rings. The minimum atomic E-state index is -0.494. The lowest BCUT2D eigenvalue weighted by atomic mass is 10.1. The van der Waals surface area contributed by atoms with Gasteiger partial charge in [0.2, 0.25) is 5.88 Å². The number of rotatable bonds is 3. The quantitative estimate of drug-likeness (QED) is 0.687. The Hall–Kier alpha value is -2.89. The van der Waals surface area contributed by atoms with E-state index in [0.29, 0.717) is 28.5 Å². The summed E-state index contributed by atoms with van der Waals surface area (Å²) in [5.74, 6) is 0.891. The van der Waals surface area contributed by atoms with Gasteiger partial charge in [0.15, 0.2) is 11.3 Å². The van der Waals surface area contributed by atoms with E-state index in [0.717, 1.165) is 5.39 Å². The molecule has 0 bridgehead atoms. The molecule has 2 aromatic heterocycles. The summed E-state index contributed by atoms with van der Waals surface area (Å²) in [6.45, 7) is 0. The first-order valence-corrected chi connectivity index (χ1v) is 6.22. The second-order valence-corrected chi connectivity index (χ2v) is 4.29. The maximum atomic E-state index is 12.1. The van der Waals surface area contributed by atoms with Gasteiger partial charge in [0, 0.05) is 11.5 Å². The van der Waals surface area contributed by atoms with Gasteiger partial charge in [-0.15, -0.1) is 10.2 Å². The van der Waals surface area contributed by atoms with Gasteiger partial charge in [-0.25, -0.2) is 4.79 Å². The molecule has 1 aromatic carbocycles. The van der Waals surface area contributed by atoms with Crippen LogP contribution >= 0.6 is 0 Å². The maximum Gasteiger partial charge on any atom is 0.345 e. The summed E-state index contributed by atoms with van der Waals surface area (Å²) >= 11 is 0. The fourth-order valence-electron chi connectivity index (χ4n) is 2.03. The van der Waals surface area contributed by atoms with Gasteiger partial charge in [0.25, 0.3) is 0 Å². The Balaban J connectivity index is 2.19. The summed E-state index contributed by atoms with van der Waals surface area (Å²) < 4.78 is 15.5. The van der Waals surface area contributed by atoms with Crippen LogP contribution in [0.2, 0.25) is 0 Å². The van der Waals surface area contributed by atoms with Crippen LogP contribution in [0.15, 0.2) is 45.6 Å². The van der Waals surface area contributed by atoms with Crippen molar-refractivity contribution in [2.75, 3.05) is 14.2 Å². The molecule has 6 nitrogen and oxygen atoms in total. The second kappa shape index (κ2) is 5.24. The van der Waals surface area contributed by atoms with Crippen LogP contribution in [0.3, 0.4) is 0 Å². The van der Waals surface area contributed by atoms with E-state index in [4.69, 9.17) is 13.9 Å². The number of hydrogen-bond donors (Lipinski definition) is 0. The zero-order chi connectivity index (χ0) is 14.8. The monoisotopic (exact) mass is 284 g/mol. The molecule has 6 heteroatoms. The third-order valence-corrected chi connectivity index (χ3v) is 3.07. The van der Waals surface area contributed by atoms with Crippen LogP contribution in [0.25, 0.3) is 22.2 Å². The molecule has 0 amide bonds. The zero-order valence-corrected chi connectivity index (χ0v) is 11.5. The lowest BCUT2D eigenvalue weighted by molar-refractivity contribution is 0.392. The normalized spacial score (nSPS) is 10.6. The molecule has 0 N–H and O–H groups in total. The smallest absolute Gasteiger partial charge is 0.345 e. The van der Waals surface area contributed by atoms with Gasteiger partial charge in [-0.2, -0.15) is 0 Å². The molecule has 0 unspecified atom stereocenters. The van der Waals surface area contributed by atoms with E-state index in [9.17, 15) is 4.79 Å². The average molecular weight is 284 g/mol. The SMILES string of the molecule is COc1ccc(-c2cc3cccc(OC)c3oc2=O)nn1. The molecule has 0 saturated carbocycles. The van der Waals surface area contributed by atoms with Crippen LogP contribution in [0.4, 0.5) is 0 Å². The predicted molar refractivity (Wildman–Crippen MR) is 76.6 cm³/mol. The van der Waals surface area contributed by atoms with E-state index < -0.39 is 5.63 Å². The molecule has 0 saturated heterocycles. The molecule has 0 radical (unpaired) electrons. The van der Waals surface area contributed by atoms with Crippen molar-refractivity contribution in [2.45, 2.75) is 0 Å². The van der Waals surface area contributed by atoms with E-state index in [-0.39, 0.29) is 0 Å². The van der Waals surface area contributed by atoms with Crippen molar-refractivity contribution >= 4 is 11.0 Å². The van der Waals surface area contributed by atoms with Crippen molar-refractivity contribution < 1.29 is 13.9 Å². The first kappa shape index (κ1) is 13.1. The van der Waals surface area contributed by atoms with Gasteiger partial charge in [0.05, 0.1) is 19.8 Å². The molecule has 106 valence electrons. The van der Waals surface area contributed by atoms with Gasteiger partial charge < -0.3 is 13.9 Å². The lowest BCUT2D eigenvalue weighted by Crippen LogP contribution is -2.05. The zero-order valence-electron chi connectivity index (χ0n) is 11.5. The maximum absolute atomic E-state index is 12.1. The Morgan fingerprint density at radius 2 is 1.90 bits per heavy atom. The summed E-state index contributed by atoms with van der Waals surface area (Å²) in [6.07, 6.45) is 0. The molecule has 21 heavy (non-hydrogen) atoms. The Bertz CT molecular complexity index is 840. The summed E-state index contributed by atoms with van der Waals surface area (Å²) in [5, 5.41) is 8.57. The fourth-order valence-corrected chi connectivity index (χ4v) is 2.03. The second-order valence-electron chi connectivity index (χ2n) is 4.29. The molecule has 2 heterocycles. The van der Waals surface area contributed by atoms with Gasteiger partial charge >= 0.3 is 5.63 Å². The molecule has 0 aliphatic heterocycles. The molecular weight excluding hydrogens is 272 g/mol. The molecular formula is C15H12N2O4. The Morgan fingerprint density at radius 3 is 2.57 bits per heavy atom. The summed E-state index contributed by atoms with van der Waals surface area (Å²) in [6, 6.07) is 10.4. The van der Waals surface area contributed by atoms with Gasteiger partial charge in [0.1, 0.15) is 5.69 Å². The first-order valence-electron chi connectivity index (χ1n) is 6.22. The van der Waals surface area contributed by atoms with Crippen LogP contribution in [-0.4, -0.2) is 24.4 Å². The largest absolute Gasteiger partial charge is 0.493 e. The van der Waals surface area contributed by atoms with Crippen molar-refractivity contribution in [3.05, 3.63) is 46.8 Å². The Kier molecular flexibility index (Phi) is 3.27. The van der Waals surface area contributed by atoms with Gasteiger partial charge in [-0.3, -0.25) is 0 Å². The number of fused-ring (bicyclic) bond motifs is 1. The third-order valence-electron chi connectivity index (χ3n) is 3.07. The van der Waals surface area contributed by atoms with Crippen molar-refractivity contribution in [1.29, 1.82) is 0 Å². The fraction of sp³-hybridized carbons (Fsp3) is 0.133. The van der Waals surface area contributed by atoms with Crippen LogP contribution in [0.5, 0.6) is 11.6 Å². The highest BCUT2D eigenvalue weighted by atomic mass is 16.5. The average Bonchev–Trinajstić information content (AvgIpc) is 2.54. The molecule has 0 aliphatic carbocycles. The standard InChI is InChI=1S/C15H12N2O4/c1-19-12-5-3-4-9-8-10(15(18)21-14(9)12)11-6-7-13(20-2)17-16-11/h3-8H,1-2H3. The molecule has 3 rings (SSSR count). The summed E-state index contributed by atoms with van der Waals surface area (Å²) in [5.41, 5.74) is 0.682. The first-order chi connectivity index (χ1) is 10.2. The van der Waals surface area contributed by atoms with E-state index in [1.165, 1.54) is 14.2 Å². The Morgan fingerprint density at radius 1 is 1.05 bits per heavy atom. The van der Waals surface area contributed by atoms with E-state index in [1.54, 1.807) is 24.3 Å². The van der Waals surface area contributed by atoms with Crippen LogP contribution in [0.1, 0.15) is 0 Å². The number of ether oxygens (including phenoxy) is 2. The summed E-state index contributed by atoms with van der Waals surface area (Å²) in [4.78, 5) is 12.1. The number of para-hydroxylation sites is 1. The highest BCUT2D eigenvalue weighted by Gasteiger charge is 2.12.